The van der Waals surface area contributed by atoms with E-state index in [4.69, 9.17) is 14.2 Å². The van der Waals surface area contributed by atoms with Gasteiger partial charge in [0.05, 0.1) is 38.6 Å². The maximum absolute atomic E-state index is 14.1. The molecule has 3 aromatic carbocycles. The highest BCUT2D eigenvalue weighted by atomic mass is 127. The Balaban J connectivity index is 1.63. The van der Waals surface area contributed by atoms with Crippen molar-refractivity contribution < 1.29 is 23.4 Å². The third-order valence-electron chi connectivity index (χ3n) is 6.64. The van der Waals surface area contributed by atoms with Gasteiger partial charge >= 0.3 is 5.97 Å². The fourth-order valence-corrected chi connectivity index (χ4v) is 7.48. The van der Waals surface area contributed by atoms with Gasteiger partial charge in [0, 0.05) is 10.0 Å². The molecule has 11 heteroatoms. The van der Waals surface area contributed by atoms with Gasteiger partial charge in [-0.25, -0.2) is 14.2 Å². The van der Waals surface area contributed by atoms with E-state index >= 15 is 0 Å². The summed E-state index contributed by atoms with van der Waals surface area (Å²) in [6.45, 7) is 6.33. The Bertz CT molecular complexity index is 1880. The van der Waals surface area contributed by atoms with Crippen LogP contribution in [0.1, 0.15) is 43.5 Å². The van der Waals surface area contributed by atoms with Crippen LogP contribution in [0.2, 0.25) is 0 Å². The molecule has 1 aliphatic rings. The Morgan fingerprint density at radius 1 is 1.09 bits per heavy atom. The van der Waals surface area contributed by atoms with Gasteiger partial charge in [0.2, 0.25) is 0 Å². The molecular weight excluding hydrogens is 750 g/mol. The fraction of sp³-hybridized carbons (Fsp3) is 0.219. The normalized spacial score (nSPS) is 14.7. The van der Waals surface area contributed by atoms with Crippen molar-refractivity contribution in [3.05, 3.63) is 122 Å². The Hall–Kier alpha value is -3.29. The topological polar surface area (TPSA) is 79.1 Å². The summed E-state index contributed by atoms with van der Waals surface area (Å²) in [6, 6.07) is 16.5. The van der Waals surface area contributed by atoms with Gasteiger partial charge in [-0.1, -0.05) is 51.5 Å². The Morgan fingerprint density at radius 3 is 2.49 bits per heavy atom. The van der Waals surface area contributed by atoms with Crippen LogP contribution in [0.4, 0.5) is 4.39 Å². The van der Waals surface area contributed by atoms with Gasteiger partial charge in [0.15, 0.2) is 4.80 Å². The summed E-state index contributed by atoms with van der Waals surface area (Å²) < 4.78 is 34.2. The molecule has 0 spiro atoms. The molecule has 7 nitrogen and oxygen atoms in total. The summed E-state index contributed by atoms with van der Waals surface area (Å²) in [5.41, 5.74) is 2.73. The Morgan fingerprint density at radius 2 is 1.81 bits per heavy atom. The largest absolute Gasteiger partial charge is 0.494 e. The van der Waals surface area contributed by atoms with Crippen molar-refractivity contribution in [2.24, 2.45) is 4.99 Å². The average Bonchev–Trinajstić information content (AvgIpc) is 3.27. The molecule has 1 aliphatic heterocycles. The van der Waals surface area contributed by atoms with Crippen LogP contribution in [0.5, 0.6) is 11.5 Å². The van der Waals surface area contributed by atoms with E-state index < -0.39 is 12.0 Å². The quantitative estimate of drug-likeness (QED) is 0.148. The third kappa shape index (κ3) is 6.78. The molecule has 0 aliphatic carbocycles. The second kappa shape index (κ2) is 13.6. The molecule has 0 N–H and O–H groups in total. The van der Waals surface area contributed by atoms with Crippen LogP contribution in [0.3, 0.4) is 0 Å². The number of halogens is 3. The number of carbonyl (C=O) groups is 1. The van der Waals surface area contributed by atoms with Crippen LogP contribution in [-0.4, -0.2) is 23.8 Å². The summed E-state index contributed by atoms with van der Waals surface area (Å²) in [4.78, 5) is 32.4. The van der Waals surface area contributed by atoms with Crippen molar-refractivity contribution in [1.29, 1.82) is 0 Å². The number of hydrogen-bond donors (Lipinski definition) is 0. The van der Waals surface area contributed by atoms with Crippen molar-refractivity contribution in [2.45, 2.75) is 33.4 Å². The first kappa shape index (κ1) is 31.1. The summed E-state index contributed by atoms with van der Waals surface area (Å²) in [5, 5.41) is 0. The van der Waals surface area contributed by atoms with Gasteiger partial charge in [0.25, 0.3) is 5.56 Å². The first-order valence-corrected chi connectivity index (χ1v) is 16.2. The monoisotopic (exact) mass is 776 g/mol. The van der Waals surface area contributed by atoms with E-state index in [0.29, 0.717) is 44.3 Å². The van der Waals surface area contributed by atoms with Gasteiger partial charge in [-0.15, -0.1) is 0 Å². The number of aromatic nitrogens is 1. The second-order valence-electron chi connectivity index (χ2n) is 9.53. The van der Waals surface area contributed by atoms with E-state index in [2.05, 4.69) is 43.5 Å². The molecule has 0 bridgehead atoms. The SMILES string of the molecule is CCOC(=O)C1=C(C)N=c2s/c(=C\c3cc(Br)cc(I)c3OCc3ccc(F)cc3)c(=O)n2[C@H]1c1ccc(OCC)cc1. The smallest absolute Gasteiger partial charge is 0.338 e. The van der Waals surface area contributed by atoms with E-state index in [1.54, 1.807) is 36.6 Å². The summed E-state index contributed by atoms with van der Waals surface area (Å²) >= 11 is 6.98. The second-order valence-corrected chi connectivity index (χ2v) is 12.6. The molecule has 2 heterocycles. The minimum atomic E-state index is -0.732. The van der Waals surface area contributed by atoms with Gasteiger partial charge in [-0.05, 0) is 97.0 Å². The third-order valence-corrected chi connectivity index (χ3v) is 8.89. The van der Waals surface area contributed by atoms with Crippen LogP contribution in [0, 0.1) is 9.39 Å². The molecule has 1 aromatic heterocycles. The van der Waals surface area contributed by atoms with E-state index in [1.807, 2.05) is 43.3 Å². The standard InChI is InChI=1S/C32H27BrFIN2O5S/c1-4-40-24-12-8-20(9-13-24)28-27(31(39)41-5-2)18(3)36-32-37(28)30(38)26(43-32)15-21-14-22(33)16-25(35)29(21)42-17-19-6-10-23(34)11-7-19/h6-16,28H,4-5,17H2,1-3H3/b26-15-/t28-/m0/s1. The lowest BCUT2D eigenvalue weighted by atomic mass is 9.96. The zero-order chi connectivity index (χ0) is 30.7. The Labute approximate surface area is 273 Å². The van der Waals surface area contributed by atoms with Crippen molar-refractivity contribution in [3.8, 4) is 11.5 Å². The lowest BCUT2D eigenvalue weighted by Crippen LogP contribution is -2.39. The van der Waals surface area contributed by atoms with E-state index in [9.17, 15) is 14.0 Å². The van der Waals surface area contributed by atoms with Crippen molar-refractivity contribution >= 4 is 61.9 Å². The molecule has 43 heavy (non-hydrogen) atoms. The van der Waals surface area contributed by atoms with Crippen LogP contribution in [-0.2, 0) is 16.1 Å². The number of ether oxygens (including phenoxy) is 3. The number of esters is 1. The van der Waals surface area contributed by atoms with Crippen molar-refractivity contribution in [1.82, 2.24) is 4.57 Å². The molecular formula is C32H27BrFIN2O5S. The first-order chi connectivity index (χ1) is 20.7. The molecule has 1 atom stereocenters. The van der Waals surface area contributed by atoms with Gasteiger partial charge in [0.1, 0.15) is 23.9 Å². The molecule has 0 unspecified atom stereocenters. The number of nitrogens with zero attached hydrogens (tertiary/aromatic N) is 2. The average molecular weight is 777 g/mol. The molecule has 0 fully saturated rings. The number of rotatable bonds is 9. The molecule has 0 amide bonds. The van der Waals surface area contributed by atoms with Crippen LogP contribution in [0.15, 0.2) is 86.2 Å². The fourth-order valence-electron chi connectivity index (χ4n) is 4.74. The lowest BCUT2D eigenvalue weighted by molar-refractivity contribution is -0.139. The minimum absolute atomic E-state index is 0.193. The molecule has 5 rings (SSSR count). The number of allylic oxidation sites excluding steroid dienone is 1. The van der Waals surface area contributed by atoms with Crippen LogP contribution < -0.4 is 24.4 Å². The summed E-state index contributed by atoms with van der Waals surface area (Å²) in [7, 11) is 0. The highest BCUT2D eigenvalue weighted by molar-refractivity contribution is 14.1. The highest BCUT2D eigenvalue weighted by Gasteiger charge is 2.33. The van der Waals surface area contributed by atoms with Gasteiger partial charge in [-0.3, -0.25) is 9.36 Å². The lowest BCUT2D eigenvalue weighted by Gasteiger charge is -2.24. The predicted octanol–water partition coefficient (Wildman–Crippen LogP) is 6.28. The zero-order valence-electron chi connectivity index (χ0n) is 23.5. The summed E-state index contributed by atoms with van der Waals surface area (Å²) in [6.07, 6.45) is 1.77. The van der Waals surface area contributed by atoms with Crippen LogP contribution >= 0.6 is 49.9 Å². The molecule has 0 radical (unpaired) electrons. The summed E-state index contributed by atoms with van der Waals surface area (Å²) in [5.74, 6) is 0.442. The molecule has 0 saturated heterocycles. The maximum Gasteiger partial charge on any atom is 0.338 e. The van der Waals surface area contributed by atoms with E-state index in [1.165, 1.54) is 23.5 Å². The first-order valence-electron chi connectivity index (χ1n) is 13.5. The molecule has 0 saturated carbocycles. The van der Waals surface area contributed by atoms with E-state index in [-0.39, 0.29) is 24.6 Å². The van der Waals surface area contributed by atoms with Gasteiger partial charge in [-0.2, -0.15) is 0 Å². The minimum Gasteiger partial charge on any atom is -0.494 e. The number of benzene rings is 3. The van der Waals surface area contributed by atoms with E-state index in [0.717, 1.165) is 19.2 Å². The van der Waals surface area contributed by atoms with Crippen molar-refractivity contribution in [3.63, 3.8) is 0 Å². The molecule has 4 aromatic rings. The number of carbonyl (C=O) groups excluding carboxylic acids is 1. The van der Waals surface area contributed by atoms with Crippen LogP contribution in [0.25, 0.3) is 6.08 Å². The van der Waals surface area contributed by atoms with Gasteiger partial charge < -0.3 is 14.2 Å². The Kier molecular flexibility index (Phi) is 9.82. The molecule has 222 valence electrons. The highest BCUT2D eigenvalue weighted by Crippen LogP contribution is 2.33. The number of hydrogen-bond acceptors (Lipinski definition) is 7. The zero-order valence-corrected chi connectivity index (χ0v) is 28.1. The maximum atomic E-state index is 14.1. The van der Waals surface area contributed by atoms with Crippen molar-refractivity contribution in [2.75, 3.05) is 13.2 Å². The number of thiazole rings is 1. The number of fused-ring (bicyclic) bond motifs is 1. The predicted molar refractivity (Wildman–Crippen MR) is 176 cm³/mol.